The van der Waals surface area contributed by atoms with Crippen molar-refractivity contribution < 1.29 is 4.79 Å². The van der Waals surface area contributed by atoms with Gasteiger partial charge in [-0.25, -0.2) is 4.98 Å². The first-order valence-corrected chi connectivity index (χ1v) is 11.9. The molecular weight excluding hydrogens is 386 g/mol. The summed E-state index contributed by atoms with van der Waals surface area (Å²) in [6.07, 6.45) is 13.2. The van der Waals surface area contributed by atoms with E-state index in [4.69, 9.17) is 0 Å². The molecule has 6 nitrogen and oxygen atoms in total. The van der Waals surface area contributed by atoms with Gasteiger partial charge in [0.05, 0.1) is 12.2 Å². The minimum Gasteiger partial charge on any atom is -0.380 e. The van der Waals surface area contributed by atoms with Gasteiger partial charge in [-0.15, -0.1) is 0 Å². The number of ketones is 1. The van der Waals surface area contributed by atoms with Crippen LogP contribution in [0.3, 0.4) is 0 Å². The first kappa shape index (κ1) is 20.4. The van der Waals surface area contributed by atoms with Crippen LogP contribution in [0.4, 0.5) is 11.5 Å². The molecule has 0 spiro atoms. The third-order valence-corrected chi connectivity index (χ3v) is 7.34. The maximum atomic E-state index is 13.8. The topological polar surface area (TPSA) is 61.4 Å². The number of Topliss-reactive ketones (excluding diaryl/α,β-unsaturated/α-hetero) is 1. The normalized spacial score (nSPS) is 23.6. The van der Waals surface area contributed by atoms with Crippen molar-refractivity contribution in [1.29, 1.82) is 0 Å². The van der Waals surface area contributed by atoms with Gasteiger partial charge in [-0.1, -0.05) is 37.5 Å². The van der Waals surface area contributed by atoms with Gasteiger partial charge >= 0.3 is 0 Å². The van der Waals surface area contributed by atoms with Crippen LogP contribution < -0.4 is 10.2 Å². The van der Waals surface area contributed by atoms with Gasteiger partial charge < -0.3 is 10.2 Å². The van der Waals surface area contributed by atoms with Crippen molar-refractivity contribution in [3.8, 4) is 0 Å². The van der Waals surface area contributed by atoms with Gasteiger partial charge in [0.2, 0.25) is 0 Å². The monoisotopic (exact) mass is 419 g/mol. The van der Waals surface area contributed by atoms with Crippen LogP contribution in [0, 0.1) is 5.92 Å². The Morgan fingerprint density at radius 3 is 2.58 bits per heavy atom. The summed E-state index contributed by atoms with van der Waals surface area (Å²) >= 11 is 0. The highest BCUT2D eigenvalue weighted by Gasteiger charge is 2.40. The Morgan fingerprint density at radius 1 is 1.00 bits per heavy atom. The Morgan fingerprint density at radius 2 is 1.81 bits per heavy atom. The fraction of sp³-hybridized carbons (Fsp3) is 0.560. The number of piperazine rings is 1. The SMILES string of the molecule is O=C(C1CCCCC1)C(C1CCc2ccccc2N1)N1CCN(c2cnccn2)CC1. The number of rotatable bonds is 5. The summed E-state index contributed by atoms with van der Waals surface area (Å²) in [7, 11) is 0. The lowest BCUT2D eigenvalue weighted by molar-refractivity contribution is -0.130. The van der Waals surface area contributed by atoms with E-state index in [-0.39, 0.29) is 18.0 Å². The number of benzene rings is 1. The molecule has 2 aliphatic heterocycles. The van der Waals surface area contributed by atoms with Crippen molar-refractivity contribution in [3.63, 3.8) is 0 Å². The summed E-state index contributed by atoms with van der Waals surface area (Å²) in [5.74, 6) is 1.64. The van der Waals surface area contributed by atoms with E-state index in [9.17, 15) is 4.79 Å². The molecule has 3 aliphatic rings. The van der Waals surface area contributed by atoms with Crippen molar-refractivity contribution in [2.24, 2.45) is 5.92 Å². The molecule has 2 atom stereocenters. The zero-order valence-corrected chi connectivity index (χ0v) is 18.2. The Balaban J connectivity index is 1.34. The maximum Gasteiger partial charge on any atom is 0.155 e. The first-order valence-electron chi connectivity index (χ1n) is 11.9. The number of carbonyl (C=O) groups excluding carboxylic acids is 1. The number of fused-ring (bicyclic) bond motifs is 1. The third-order valence-electron chi connectivity index (χ3n) is 7.34. The number of nitrogens with one attached hydrogen (secondary N) is 1. The summed E-state index contributed by atoms with van der Waals surface area (Å²) in [6, 6.07) is 8.71. The second-order valence-electron chi connectivity index (χ2n) is 9.22. The fourth-order valence-corrected chi connectivity index (χ4v) is 5.64. The summed E-state index contributed by atoms with van der Waals surface area (Å²) in [6.45, 7) is 3.55. The summed E-state index contributed by atoms with van der Waals surface area (Å²) in [5, 5.41) is 3.76. The predicted octanol–water partition coefficient (Wildman–Crippen LogP) is 3.54. The van der Waals surface area contributed by atoms with E-state index in [2.05, 4.69) is 49.4 Å². The molecule has 5 rings (SSSR count). The number of nitrogens with zero attached hydrogens (tertiary/aromatic N) is 4. The van der Waals surface area contributed by atoms with Gasteiger partial charge in [0.15, 0.2) is 5.78 Å². The molecule has 1 N–H and O–H groups in total. The van der Waals surface area contributed by atoms with E-state index in [1.165, 1.54) is 30.5 Å². The lowest BCUT2D eigenvalue weighted by Crippen LogP contribution is -2.60. The van der Waals surface area contributed by atoms with Crippen LogP contribution in [0.25, 0.3) is 0 Å². The zero-order valence-electron chi connectivity index (χ0n) is 18.2. The number of aromatic nitrogens is 2. The van der Waals surface area contributed by atoms with Crippen molar-refractivity contribution in [2.75, 3.05) is 36.4 Å². The van der Waals surface area contributed by atoms with Gasteiger partial charge in [-0.2, -0.15) is 0 Å². The molecule has 2 aromatic rings. The van der Waals surface area contributed by atoms with Gasteiger partial charge in [-0.05, 0) is 37.3 Å². The number of anilines is 2. The van der Waals surface area contributed by atoms with Crippen molar-refractivity contribution in [1.82, 2.24) is 14.9 Å². The molecule has 6 heteroatoms. The number of para-hydroxylation sites is 1. The Labute approximate surface area is 185 Å². The minimum absolute atomic E-state index is 0.0412. The molecule has 1 saturated heterocycles. The third kappa shape index (κ3) is 4.45. The van der Waals surface area contributed by atoms with Gasteiger partial charge in [0, 0.05) is 56.2 Å². The maximum absolute atomic E-state index is 13.8. The molecule has 3 heterocycles. The molecule has 31 heavy (non-hydrogen) atoms. The molecule has 1 aliphatic carbocycles. The van der Waals surface area contributed by atoms with Crippen LogP contribution >= 0.6 is 0 Å². The molecule has 1 saturated carbocycles. The Bertz CT molecular complexity index is 874. The smallest absolute Gasteiger partial charge is 0.155 e. The molecule has 0 amide bonds. The van der Waals surface area contributed by atoms with E-state index in [1.54, 1.807) is 12.4 Å². The summed E-state index contributed by atoms with van der Waals surface area (Å²) in [4.78, 5) is 27.3. The lowest BCUT2D eigenvalue weighted by Gasteiger charge is -2.44. The number of hydrogen-bond donors (Lipinski definition) is 1. The Kier molecular flexibility index (Phi) is 6.16. The number of aryl methyl sites for hydroxylation is 1. The predicted molar refractivity (Wildman–Crippen MR) is 123 cm³/mol. The van der Waals surface area contributed by atoms with E-state index >= 15 is 0 Å². The second-order valence-corrected chi connectivity index (χ2v) is 9.22. The average molecular weight is 420 g/mol. The molecule has 1 aromatic heterocycles. The largest absolute Gasteiger partial charge is 0.380 e. The highest BCUT2D eigenvalue weighted by atomic mass is 16.1. The van der Waals surface area contributed by atoms with Crippen molar-refractivity contribution >= 4 is 17.3 Å². The number of carbonyl (C=O) groups is 1. The molecule has 164 valence electrons. The second kappa shape index (κ2) is 9.35. The zero-order chi connectivity index (χ0) is 21.0. The van der Waals surface area contributed by atoms with Crippen LogP contribution in [0.2, 0.25) is 0 Å². The molecule has 0 radical (unpaired) electrons. The van der Waals surface area contributed by atoms with Gasteiger partial charge in [0.25, 0.3) is 0 Å². The van der Waals surface area contributed by atoms with Crippen LogP contribution in [0.15, 0.2) is 42.9 Å². The standard InChI is InChI=1S/C25H33N5O/c31-25(20-7-2-1-3-8-20)24(22-11-10-19-6-4-5-9-21(19)28-22)30-16-14-29(15-17-30)23-18-26-12-13-27-23/h4-6,9,12-13,18,20,22,24,28H,1-3,7-8,10-11,14-17H2. The van der Waals surface area contributed by atoms with E-state index in [1.807, 2.05) is 6.20 Å². The summed E-state index contributed by atoms with van der Waals surface area (Å²) < 4.78 is 0. The average Bonchev–Trinajstić information content (AvgIpc) is 2.85. The quantitative estimate of drug-likeness (QED) is 0.800. The van der Waals surface area contributed by atoms with Crippen LogP contribution in [0.1, 0.15) is 44.1 Å². The molecule has 0 bridgehead atoms. The van der Waals surface area contributed by atoms with Gasteiger partial charge in [0.1, 0.15) is 5.82 Å². The summed E-state index contributed by atoms with van der Waals surface area (Å²) in [5.41, 5.74) is 2.58. The Hall–Kier alpha value is -2.47. The van der Waals surface area contributed by atoms with Gasteiger partial charge in [-0.3, -0.25) is 14.7 Å². The first-order chi connectivity index (χ1) is 15.3. The van der Waals surface area contributed by atoms with Crippen molar-refractivity contribution in [3.05, 3.63) is 48.4 Å². The van der Waals surface area contributed by atoms with E-state index in [0.29, 0.717) is 5.78 Å². The lowest BCUT2D eigenvalue weighted by atomic mass is 9.80. The number of hydrogen-bond acceptors (Lipinski definition) is 6. The molecule has 1 aromatic carbocycles. The van der Waals surface area contributed by atoms with Crippen LogP contribution in [-0.4, -0.2) is 58.9 Å². The van der Waals surface area contributed by atoms with E-state index in [0.717, 1.165) is 57.7 Å². The van der Waals surface area contributed by atoms with Crippen molar-refractivity contribution in [2.45, 2.75) is 57.0 Å². The van der Waals surface area contributed by atoms with E-state index < -0.39 is 0 Å². The highest BCUT2D eigenvalue weighted by molar-refractivity contribution is 5.88. The highest BCUT2D eigenvalue weighted by Crippen LogP contribution is 2.32. The molecular formula is C25H33N5O. The molecule has 2 fully saturated rings. The van der Waals surface area contributed by atoms with Crippen LogP contribution in [0.5, 0.6) is 0 Å². The minimum atomic E-state index is -0.0412. The van der Waals surface area contributed by atoms with Crippen LogP contribution in [-0.2, 0) is 11.2 Å². The fourth-order valence-electron chi connectivity index (χ4n) is 5.64. The molecule has 2 unspecified atom stereocenters.